The van der Waals surface area contributed by atoms with Gasteiger partial charge in [0.2, 0.25) is 0 Å². The number of rotatable bonds is 7. The summed E-state index contributed by atoms with van der Waals surface area (Å²) in [6.45, 7) is 0. The minimum absolute atomic E-state index is 0.239. The van der Waals surface area contributed by atoms with Crippen molar-refractivity contribution in [3.8, 4) is 0 Å². The van der Waals surface area contributed by atoms with Crippen LogP contribution in [0.5, 0.6) is 0 Å². The summed E-state index contributed by atoms with van der Waals surface area (Å²) >= 11 is 0. The van der Waals surface area contributed by atoms with Gasteiger partial charge >= 0.3 is 5.97 Å². The minimum atomic E-state index is -1.03. The van der Waals surface area contributed by atoms with Gasteiger partial charge < -0.3 is 20.7 Å². The molecule has 0 saturated heterocycles. The van der Waals surface area contributed by atoms with E-state index < -0.39 is 17.9 Å². The van der Waals surface area contributed by atoms with Gasteiger partial charge in [0, 0.05) is 10.9 Å². The third-order valence-electron chi connectivity index (χ3n) is 5.08. The zero-order chi connectivity index (χ0) is 22.5. The van der Waals surface area contributed by atoms with Crippen LogP contribution in [0.4, 0.5) is 5.69 Å². The molecule has 1 heterocycles. The molecule has 7 heteroatoms. The number of aromatic nitrogens is 1. The Morgan fingerprint density at radius 3 is 2.28 bits per heavy atom. The number of benzene rings is 3. The maximum Gasteiger partial charge on any atom is 0.305 e. The van der Waals surface area contributed by atoms with E-state index in [0.717, 1.165) is 10.9 Å². The van der Waals surface area contributed by atoms with Crippen LogP contribution >= 0.6 is 0 Å². The fourth-order valence-electron chi connectivity index (χ4n) is 3.52. The topological polar surface area (TPSA) is 111 Å². The van der Waals surface area contributed by atoms with Crippen molar-refractivity contribution in [3.05, 3.63) is 102 Å². The summed E-state index contributed by atoms with van der Waals surface area (Å²) in [6, 6.07) is 24.1. The largest absolute Gasteiger partial charge is 0.481 e. The predicted molar refractivity (Wildman–Crippen MR) is 122 cm³/mol. The third-order valence-corrected chi connectivity index (χ3v) is 5.08. The fourth-order valence-corrected chi connectivity index (χ4v) is 3.52. The Morgan fingerprint density at radius 2 is 1.53 bits per heavy atom. The molecule has 1 aromatic heterocycles. The molecule has 2 amide bonds. The van der Waals surface area contributed by atoms with Crippen molar-refractivity contribution in [1.82, 2.24) is 10.3 Å². The van der Waals surface area contributed by atoms with Crippen LogP contribution in [0.2, 0.25) is 0 Å². The van der Waals surface area contributed by atoms with E-state index in [4.69, 9.17) is 0 Å². The van der Waals surface area contributed by atoms with E-state index in [1.807, 2.05) is 30.3 Å². The van der Waals surface area contributed by atoms with E-state index in [2.05, 4.69) is 15.6 Å². The summed E-state index contributed by atoms with van der Waals surface area (Å²) in [5.41, 5.74) is 2.46. The highest BCUT2D eigenvalue weighted by molar-refractivity contribution is 6.09. The van der Waals surface area contributed by atoms with Crippen LogP contribution < -0.4 is 10.6 Å². The first-order valence-corrected chi connectivity index (χ1v) is 10.1. The smallest absolute Gasteiger partial charge is 0.305 e. The summed E-state index contributed by atoms with van der Waals surface area (Å²) in [7, 11) is 0. The van der Waals surface area contributed by atoms with Gasteiger partial charge in [0.25, 0.3) is 11.8 Å². The molecular weight excluding hydrogens is 406 g/mol. The van der Waals surface area contributed by atoms with Crippen LogP contribution in [-0.2, 0) is 4.79 Å². The number of amides is 2. The Kier molecular flexibility index (Phi) is 5.98. The first-order chi connectivity index (χ1) is 15.5. The van der Waals surface area contributed by atoms with Gasteiger partial charge in [-0.2, -0.15) is 0 Å². The Morgan fingerprint density at radius 1 is 0.844 bits per heavy atom. The van der Waals surface area contributed by atoms with E-state index in [1.165, 1.54) is 0 Å². The van der Waals surface area contributed by atoms with Crippen LogP contribution in [0.3, 0.4) is 0 Å². The normalized spacial score (nSPS) is 11.6. The van der Waals surface area contributed by atoms with Gasteiger partial charge in [-0.3, -0.25) is 14.4 Å². The third kappa shape index (κ3) is 4.67. The second-order valence-electron chi connectivity index (χ2n) is 7.30. The van der Waals surface area contributed by atoms with Crippen molar-refractivity contribution in [2.75, 3.05) is 5.32 Å². The van der Waals surface area contributed by atoms with Gasteiger partial charge in [-0.1, -0.05) is 60.7 Å². The van der Waals surface area contributed by atoms with E-state index in [9.17, 15) is 19.5 Å². The zero-order valence-electron chi connectivity index (χ0n) is 17.0. The zero-order valence-corrected chi connectivity index (χ0v) is 17.0. The molecule has 0 saturated carbocycles. The lowest BCUT2D eigenvalue weighted by molar-refractivity contribution is -0.137. The highest BCUT2D eigenvalue weighted by atomic mass is 16.4. The Bertz CT molecular complexity index is 1250. The van der Waals surface area contributed by atoms with Crippen LogP contribution in [0.1, 0.15) is 38.9 Å². The lowest BCUT2D eigenvalue weighted by Gasteiger charge is -2.19. The number of nitrogens with one attached hydrogen (secondary N) is 3. The van der Waals surface area contributed by atoms with E-state index in [0.29, 0.717) is 16.9 Å². The highest BCUT2D eigenvalue weighted by Crippen LogP contribution is 2.22. The summed E-state index contributed by atoms with van der Waals surface area (Å²) in [4.78, 5) is 40.2. The van der Waals surface area contributed by atoms with Gasteiger partial charge in [-0.15, -0.1) is 0 Å². The summed E-state index contributed by atoms with van der Waals surface area (Å²) in [5.74, 6) is -1.89. The summed E-state index contributed by atoms with van der Waals surface area (Å²) in [5, 5.41) is 15.7. The molecule has 0 aliphatic carbocycles. The molecule has 0 spiro atoms. The molecule has 7 nitrogen and oxygen atoms in total. The number of carboxylic acids is 1. The van der Waals surface area contributed by atoms with E-state index >= 15 is 0 Å². The van der Waals surface area contributed by atoms with Crippen molar-refractivity contribution in [2.24, 2.45) is 0 Å². The van der Waals surface area contributed by atoms with E-state index in [-0.39, 0.29) is 17.9 Å². The molecule has 32 heavy (non-hydrogen) atoms. The van der Waals surface area contributed by atoms with Crippen molar-refractivity contribution in [2.45, 2.75) is 12.5 Å². The summed E-state index contributed by atoms with van der Waals surface area (Å²) < 4.78 is 0. The second-order valence-corrected chi connectivity index (χ2v) is 7.30. The molecule has 0 aliphatic heterocycles. The molecule has 0 unspecified atom stereocenters. The molecule has 4 N–H and O–H groups in total. The average molecular weight is 427 g/mol. The molecule has 0 fully saturated rings. The van der Waals surface area contributed by atoms with Crippen molar-refractivity contribution in [3.63, 3.8) is 0 Å². The predicted octanol–water partition coefficient (Wildman–Crippen LogP) is 4.37. The van der Waals surface area contributed by atoms with Crippen LogP contribution in [0, 0.1) is 0 Å². The number of anilines is 1. The van der Waals surface area contributed by atoms with Crippen molar-refractivity contribution < 1.29 is 19.5 Å². The van der Waals surface area contributed by atoms with Gasteiger partial charge in [-0.05, 0) is 29.8 Å². The molecular formula is C25H21N3O4. The van der Waals surface area contributed by atoms with Gasteiger partial charge in [-0.25, -0.2) is 0 Å². The number of fused-ring (bicyclic) bond motifs is 1. The molecule has 0 aliphatic rings. The number of aliphatic carboxylic acids is 1. The molecule has 1 atom stereocenters. The number of carbonyl (C=O) groups is 3. The molecule has 0 bridgehead atoms. The molecule has 0 radical (unpaired) electrons. The fraction of sp³-hybridized carbons (Fsp3) is 0.0800. The first kappa shape index (κ1) is 20.9. The first-order valence-electron chi connectivity index (χ1n) is 10.1. The molecule has 4 aromatic rings. The van der Waals surface area contributed by atoms with Crippen LogP contribution in [0.25, 0.3) is 10.9 Å². The lowest BCUT2D eigenvalue weighted by atomic mass is 10.0. The van der Waals surface area contributed by atoms with Gasteiger partial charge in [0.05, 0.1) is 23.7 Å². The highest BCUT2D eigenvalue weighted by Gasteiger charge is 2.21. The second kappa shape index (κ2) is 9.18. The van der Waals surface area contributed by atoms with E-state index in [1.54, 1.807) is 54.6 Å². The number of hydrogen-bond donors (Lipinski definition) is 4. The number of carboxylic acid groups (broad SMARTS) is 1. The number of para-hydroxylation sites is 2. The van der Waals surface area contributed by atoms with Gasteiger partial charge in [0.1, 0.15) is 5.69 Å². The lowest BCUT2D eigenvalue weighted by Crippen LogP contribution is -2.31. The maximum atomic E-state index is 13.0. The van der Waals surface area contributed by atoms with Gasteiger partial charge in [0.15, 0.2) is 0 Å². The minimum Gasteiger partial charge on any atom is -0.481 e. The molecule has 4 rings (SSSR count). The quantitative estimate of drug-likeness (QED) is 0.351. The monoisotopic (exact) mass is 427 g/mol. The maximum absolute atomic E-state index is 13.0. The molecule has 3 aromatic carbocycles. The van der Waals surface area contributed by atoms with Crippen molar-refractivity contribution in [1.29, 1.82) is 0 Å². The van der Waals surface area contributed by atoms with Crippen LogP contribution in [0.15, 0.2) is 84.9 Å². The Labute approximate surface area is 184 Å². The molecule has 160 valence electrons. The number of H-pyrrole nitrogens is 1. The number of carbonyl (C=O) groups excluding carboxylic acids is 2. The Balaban J connectivity index is 1.56. The number of aromatic amines is 1. The van der Waals surface area contributed by atoms with Crippen molar-refractivity contribution >= 4 is 34.4 Å². The summed E-state index contributed by atoms with van der Waals surface area (Å²) in [6.07, 6.45) is -0.265. The Hall–Kier alpha value is -4.39. The SMILES string of the molecule is O=C(O)C[C@H](NC(=O)c1ccccc1NC(=O)c1cc2ccccc2[nH]1)c1ccccc1. The number of hydrogen-bond acceptors (Lipinski definition) is 3. The average Bonchev–Trinajstić information content (AvgIpc) is 3.24. The standard InChI is InChI=1S/C25H21N3O4/c29-23(30)15-21(16-8-2-1-3-9-16)28-24(31)18-11-5-7-13-20(18)27-25(32)22-14-17-10-4-6-12-19(17)26-22/h1-14,21,26H,15H2,(H,27,32)(H,28,31)(H,29,30)/t21-/m0/s1. The van der Waals surface area contributed by atoms with Crippen LogP contribution in [-0.4, -0.2) is 27.9 Å².